The Balaban J connectivity index is 1.86. The minimum absolute atomic E-state index is 0.0203. The lowest BCUT2D eigenvalue weighted by Gasteiger charge is -2.10. The van der Waals surface area contributed by atoms with E-state index in [1.54, 1.807) is 67.6 Å². The van der Waals surface area contributed by atoms with Gasteiger partial charge in [0.15, 0.2) is 0 Å². The highest BCUT2D eigenvalue weighted by atomic mass is 35.5. The van der Waals surface area contributed by atoms with Crippen LogP contribution in [0, 0.1) is 0 Å². The summed E-state index contributed by atoms with van der Waals surface area (Å²) < 4.78 is 0. The number of halogens is 2. The summed E-state index contributed by atoms with van der Waals surface area (Å²) in [5.74, 6) is -1.13. The van der Waals surface area contributed by atoms with Gasteiger partial charge in [-0.25, -0.2) is 5.43 Å². The van der Waals surface area contributed by atoms with Crippen molar-refractivity contribution >= 4 is 46.8 Å². The van der Waals surface area contributed by atoms with Crippen LogP contribution in [0.4, 0.5) is 0 Å². The number of carbonyl (C=O) groups excluding carboxylic acids is 2. The molecule has 8 heteroatoms. The van der Waals surface area contributed by atoms with Crippen LogP contribution in [0.2, 0.25) is 10.0 Å². The van der Waals surface area contributed by atoms with Crippen LogP contribution in [-0.2, 0) is 4.79 Å². The standard InChI is InChI=1S/C24H19Cl2N3O3/c1-15(20-14-19(26)11-12-22(20)30)28-29-24(32)21(13-16-7-9-18(25)10-8-16)27-23(31)17-5-3-2-4-6-17/h2-14,30H,1H3,(H,27,31)(H,29,32)/b21-13?,28-15+. The minimum Gasteiger partial charge on any atom is -0.507 e. The normalized spacial score (nSPS) is 11.7. The first kappa shape index (κ1) is 23.1. The average Bonchev–Trinajstić information content (AvgIpc) is 2.80. The Labute approximate surface area is 195 Å². The van der Waals surface area contributed by atoms with Gasteiger partial charge in [0.05, 0.1) is 5.71 Å². The van der Waals surface area contributed by atoms with E-state index in [1.165, 1.54) is 18.2 Å². The van der Waals surface area contributed by atoms with Gasteiger partial charge in [-0.15, -0.1) is 0 Å². The monoisotopic (exact) mass is 467 g/mol. The third kappa shape index (κ3) is 6.20. The maximum Gasteiger partial charge on any atom is 0.287 e. The molecule has 0 saturated carbocycles. The SMILES string of the molecule is C/C(=N\NC(=O)C(=Cc1ccc(Cl)cc1)NC(=O)c1ccccc1)c1cc(Cl)ccc1O. The number of amides is 2. The van der Waals surface area contributed by atoms with Crippen molar-refractivity contribution in [1.29, 1.82) is 0 Å². The van der Waals surface area contributed by atoms with Gasteiger partial charge in [0.25, 0.3) is 11.8 Å². The lowest BCUT2D eigenvalue weighted by Crippen LogP contribution is -2.33. The summed E-state index contributed by atoms with van der Waals surface area (Å²) in [6.45, 7) is 1.61. The number of phenols is 1. The smallest absolute Gasteiger partial charge is 0.287 e. The Morgan fingerprint density at radius 2 is 1.59 bits per heavy atom. The molecule has 0 aliphatic heterocycles. The third-order valence-electron chi connectivity index (χ3n) is 4.38. The molecule has 0 saturated heterocycles. The number of aromatic hydroxyl groups is 1. The van der Waals surface area contributed by atoms with E-state index in [-0.39, 0.29) is 11.4 Å². The van der Waals surface area contributed by atoms with Crippen LogP contribution in [0.25, 0.3) is 6.08 Å². The van der Waals surface area contributed by atoms with E-state index >= 15 is 0 Å². The molecule has 0 radical (unpaired) electrons. The molecule has 6 nitrogen and oxygen atoms in total. The molecule has 0 spiro atoms. The molecule has 0 fully saturated rings. The van der Waals surface area contributed by atoms with Crippen LogP contribution >= 0.6 is 23.2 Å². The van der Waals surface area contributed by atoms with Gasteiger partial charge in [-0.05, 0) is 61.0 Å². The fourth-order valence-corrected chi connectivity index (χ4v) is 3.02. The van der Waals surface area contributed by atoms with Crippen molar-refractivity contribution < 1.29 is 14.7 Å². The number of benzene rings is 3. The topological polar surface area (TPSA) is 90.8 Å². The van der Waals surface area contributed by atoms with Gasteiger partial charge >= 0.3 is 0 Å². The van der Waals surface area contributed by atoms with E-state index < -0.39 is 11.8 Å². The number of hydrazone groups is 1. The van der Waals surface area contributed by atoms with Crippen molar-refractivity contribution in [3.8, 4) is 5.75 Å². The molecular formula is C24H19Cl2N3O3. The fourth-order valence-electron chi connectivity index (χ4n) is 2.72. The zero-order chi connectivity index (χ0) is 23.1. The van der Waals surface area contributed by atoms with Crippen LogP contribution in [0.3, 0.4) is 0 Å². The molecule has 32 heavy (non-hydrogen) atoms. The van der Waals surface area contributed by atoms with Crippen LogP contribution in [0.5, 0.6) is 5.75 Å². The first-order valence-electron chi connectivity index (χ1n) is 9.50. The zero-order valence-electron chi connectivity index (χ0n) is 17.0. The summed E-state index contributed by atoms with van der Waals surface area (Å²) in [5, 5.41) is 17.6. The quantitative estimate of drug-likeness (QED) is 0.270. The molecule has 3 aromatic carbocycles. The van der Waals surface area contributed by atoms with Gasteiger partial charge < -0.3 is 10.4 Å². The summed E-state index contributed by atoms with van der Waals surface area (Å²) in [6.07, 6.45) is 1.51. The predicted octanol–water partition coefficient (Wildman–Crippen LogP) is 5.01. The number of nitrogens with zero attached hydrogens (tertiary/aromatic N) is 1. The number of hydrogen-bond acceptors (Lipinski definition) is 4. The fraction of sp³-hybridized carbons (Fsp3) is 0.0417. The Morgan fingerprint density at radius 1 is 0.938 bits per heavy atom. The van der Waals surface area contributed by atoms with Crippen molar-refractivity contribution in [2.24, 2.45) is 5.10 Å². The van der Waals surface area contributed by atoms with Gasteiger partial charge in [-0.3, -0.25) is 9.59 Å². The second-order valence-corrected chi connectivity index (χ2v) is 7.60. The second-order valence-electron chi connectivity index (χ2n) is 6.73. The van der Waals surface area contributed by atoms with E-state index in [2.05, 4.69) is 15.8 Å². The number of nitrogens with one attached hydrogen (secondary N) is 2. The highest BCUT2D eigenvalue weighted by Crippen LogP contribution is 2.22. The van der Waals surface area contributed by atoms with Crippen LogP contribution < -0.4 is 10.7 Å². The number of rotatable bonds is 6. The summed E-state index contributed by atoms with van der Waals surface area (Å²) in [4.78, 5) is 25.5. The van der Waals surface area contributed by atoms with Crippen molar-refractivity contribution in [3.63, 3.8) is 0 Å². The highest BCUT2D eigenvalue weighted by molar-refractivity contribution is 6.31. The molecule has 0 aliphatic carbocycles. The van der Waals surface area contributed by atoms with Crippen LogP contribution in [0.15, 0.2) is 83.6 Å². The lowest BCUT2D eigenvalue weighted by atomic mass is 10.1. The molecule has 0 aliphatic rings. The molecule has 0 heterocycles. The van der Waals surface area contributed by atoms with Gasteiger partial charge in [0.1, 0.15) is 11.4 Å². The predicted molar refractivity (Wildman–Crippen MR) is 127 cm³/mol. The van der Waals surface area contributed by atoms with E-state index in [0.717, 1.165) is 0 Å². The summed E-state index contributed by atoms with van der Waals surface area (Å²) in [6, 6.07) is 19.8. The lowest BCUT2D eigenvalue weighted by molar-refractivity contribution is -0.117. The van der Waals surface area contributed by atoms with E-state index in [0.29, 0.717) is 32.4 Å². The largest absolute Gasteiger partial charge is 0.507 e. The summed E-state index contributed by atoms with van der Waals surface area (Å²) in [7, 11) is 0. The molecule has 0 unspecified atom stereocenters. The molecule has 162 valence electrons. The second kappa shape index (κ2) is 10.6. The van der Waals surface area contributed by atoms with Gasteiger partial charge in [0.2, 0.25) is 0 Å². The number of phenolic OH excluding ortho intramolecular Hbond substituents is 1. The maximum absolute atomic E-state index is 12.9. The number of carbonyl (C=O) groups is 2. The van der Waals surface area contributed by atoms with E-state index in [1.807, 2.05) is 0 Å². The Kier molecular flexibility index (Phi) is 7.65. The molecule has 3 aromatic rings. The van der Waals surface area contributed by atoms with Crippen molar-refractivity contribution in [2.45, 2.75) is 6.92 Å². The van der Waals surface area contributed by atoms with Crippen LogP contribution in [-0.4, -0.2) is 22.6 Å². The molecular weight excluding hydrogens is 449 g/mol. The van der Waals surface area contributed by atoms with E-state index in [4.69, 9.17) is 23.2 Å². The summed E-state index contributed by atoms with van der Waals surface area (Å²) >= 11 is 11.9. The molecule has 3 rings (SSSR count). The Bertz CT molecular complexity index is 1190. The minimum atomic E-state index is -0.648. The van der Waals surface area contributed by atoms with Crippen molar-refractivity contribution in [1.82, 2.24) is 10.7 Å². The highest BCUT2D eigenvalue weighted by Gasteiger charge is 2.15. The Morgan fingerprint density at radius 3 is 2.28 bits per heavy atom. The van der Waals surface area contributed by atoms with Gasteiger partial charge in [-0.1, -0.05) is 53.5 Å². The van der Waals surface area contributed by atoms with Crippen molar-refractivity contribution in [3.05, 3.63) is 105 Å². The van der Waals surface area contributed by atoms with Gasteiger partial charge in [-0.2, -0.15) is 5.10 Å². The average molecular weight is 468 g/mol. The molecule has 0 aromatic heterocycles. The molecule has 2 amide bonds. The third-order valence-corrected chi connectivity index (χ3v) is 4.87. The Hall–Kier alpha value is -3.61. The first-order chi connectivity index (χ1) is 15.3. The molecule has 0 atom stereocenters. The summed E-state index contributed by atoms with van der Waals surface area (Å²) in [5.41, 5.74) is 4.13. The van der Waals surface area contributed by atoms with Crippen molar-refractivity contribution in [2.75, 3.05) is 0 Å². The first-order valence-corrected chi connectivity index (χ1v) is 10.3. The maximum atomic E-state index is 12.9. The number of hydrogen-bond donors (Lipinski definition) is 3. The van der Waals surface area contributed by atoms with E-state index in [9.17, 15) is 14.7 Å². The molecule has 3 N–H and O–H groups in total. The zero-order valence-corrected chi connectivity index (χ0v) is 18.5. The van der Waals surface area contributed by atoms with Gasteiger partial charge in [0, 0.05) is 21.2 Å². The van der Waals surface area contributed by atoms with Crippen LogP contribution in [0.1, 0.15) is 28.4 Å². The molecule has 0 bridgehead atoms.